The first-order chi connectivity index (χ1) is 25.4. The zero-order valence-corrected chi connectivity index (χ0v) is 30.7. The summed E-state index contributed by atoms with van der Waals surface area (Å²) in [7, 11) is 1.80. The first-order valence-electron chi connectivity index (χ1n) is 19.0. The van der Waals surface area contributed by atoms with Crippen LogP contribution in [-0.4, -0.2) is 75.6 Å². The van der Waals surface area contributed by atoms with Gasteiger partial charge in [-0.05, 0) is 74.3 Å². The van der Waals surface area contributed by atoms with E-state index in [1.807, 2.05) is 41.1 Å². The second-order valence-electron chi connectivity index (χ2n) is 16.1. The molecule has 3 atom stereocenters. The van der Waals surface area contributed by atoms with E-state index in [1.165, 1.54) is 0 Å². The average Bonchev–Trinajstić information content (AvgIpc) is 3.72. The maximum Gasteiger partial charge on any atom is 0.257 e. The van der Waals surface area contributed by atoms with Crippen molar-refractivity contribution in [1.29, 1.82) is 0 Å². The van der Waals surface area contributed by atoms with Gasteiger partial charge in [-0.3, -0.25) is 9.59 Å². The van der Waals surface area contributed by atoms with E-state index >= 15 is 8.78 Å². The molecule has 6 heterocycles. The van der Waals surface area contributed by atoms with Gasteiger partial charge in [0.15, 0.2) is 0 Å². The molecule has 1 aliphatic carbocycles. The molecule has 13 heteroatoms. The van der Waals surface area contributed by atoms with Crippen molar-refractivity contribution in [3.63, 3.8) is 0 Å². The number of alkyl halides is 2. The molecule has 8 rings (SSSR count). The van der Waals surface area contributed by atoms with E-state index in [4.69, 9.17) is 9.84 Å². The molecular weight excluding hydrogens is 680 g/mol. The number of aliphatic hydroxyl groups excluding tert-OH is 1. The number of H-pyrrole nitrogens is 1. The number of fused-ring (bicyclic) bond motifs is 2. The minimum Gasteiger partial charge on any atom is -0.373 e. The number of benzene rings is 1. The molecule has 4 aromatic rings. The molecule has 3 N–H and O–H groups in total. The maximum atomic E-state index is 15.4. The quantitative estimate of drug-likeness (QED) is 0.199. The highest BCUT2D eigenvalue weighted by Gasteiger charge is 2.52. The summed E-state index contributed by atoms with van der Waals surface area (Å²) in [5.74, 6) is -2.01. The Morgan fingerprint density at radius 3 is 2.60 bits per heavy atom. The molecule has 53 heavy (non-hydrogen) atoms. The fourth-order valence-electron chi connectivity index (χ4n) is 8.54. The lowest BCUT2D eigenvalue weighted by molar-refractivity contribution is -0.127. The van der Waals surface area contributed by atoms with Crippen molar-refractivity contribution in [2.24, 2.45) is 11.3 Å². The first kappa shape index (κ1) is 35.7. The zero-order chi connectivity index (χ0) is 37.1. The highest BCUT2D eigenvalue weighted by molar-refractivity contribution is 5.96. The third-order valence-corrected chi connectivity index (χ3v) is 12.1. The van der Waals surface area contributed by atoms with Gasteiger partial charge in [-0.25, -0.2) is 18.4 Å². The van der Waals surface area contributed by atoms with Gasteiger partial charge in [0.1, 0.15) is 24.0 Å². The van der Waals surface area contributed by atoms with E-state index < -0.39 is 17.6 Å². The summed E-state index contributed by atoms with van der Waals surface area (Å²) in [5, 5.41) is 18.8. The minimum atomic E-state index is -2.88. The van der Waals surface area contributed by atoms with Crippen LogP contribution in [0.15, 0.2) is 42.6 Å². The molecule has 0 bridgehead atoms. The Morgan fingerprint density at radius 1 is 1.08 bits per heavy atom. The molecule has 2 amide bonds. The van der Waals surface area contributed by atoms with E-state index in [0.29, 0.717) is 42.8 Å². The number of ether oxygens (including phenoxy) is 1. The van der Waals surface area contributed by atoms with Crippen LogP contribution < -0.4 is 15.1 Å². The second kappa shape index (κ2) is 13.8. The first-order valence-corrected chi connectivity index (χ1v) is 19.0. The Hall–Kier alpha value is -4.36. The van der Waals surface area contributed by atoms with Crippen LogP contribution >= 0.6 is 0 Å². The van der Waals surface area contributed by atoms with Crippen molar-refractivity contribution in [1.82, 2.24) is 25.1 Å². The Morgan fingerprint density at radius 2 is 1.89 bits per heavy atom. The smallest absolute Gasteiger partial charge is 0.257 e. The lowest BCUT2D eigenvalue weighted by atomic mass is 9.73. The second-order valence-corrected chi connectivity index (χ2v) is 16.1. The zero-order valence-electron chi connectivity index (χ0n) is 30.7. The number of pyridine rings is 1. The number of nitrogens with zero attached hydrogens (tertiary/aromatic N) is 5. The summed E-state index contributed by atoms with van der Waals surface area (Å²) < 4.78 is 38.8. The van der Waals surface area contributed by atoms with Crippen LogP contribution in [0.4, 0.5) is 20.3 Å². The van der Waals surface area contributed by atoms with Crippen LogP contribution in [0.5, 0.6) is 0 Å². The van der Waals surface area contributed by atoms with Gasteiger partial charge in [0.25, 0.3) is 5.92 Å². The molecule has 3 saturated heterocycles. The van der Waals surface area contributed by atoms with Crippen LogP contribution in [-0.2, 0) is 27.2 Å². The largest absolute Gasteiger partial charge is 0.373 e. The third kappa shape index (κ3) is 6.82. The molecule has 3 aromatic heterocycles. The molecule has 1 aromatic carbocycles. The summed E-state index contributed by atoms with van der Waals surface area (Å²) in [6, 6.07) is 11.7. The molecule has 3 fully saturated rings. The molecule has 0 saturated carbocycles. The van der Waals surface area contributed by atoms with Gasteiger partial charge in [0, 0.05) is 97.8 Å². The van der Waals surface area contributed by atoms with Crippen LogP contribution in [0.3, 0.4) is 0 Å². The predicted molar refractivity (Wildman–Crippen MR) is 198 cm³/mol. The highest BCUT2D eigenvalue weighted by atomic mass is 19.3. The summed E-state index contributed by atoms with van der Waals surface area (Å²) in [6.07, 6.45) is 6.46. The number of halogens is 2. The standard InChI is InChI=1S/C40H49F2N7O4/c1-39(2)22-32-29(21-40(39,41)42)37(46-49(32)36-6-4-5-17-53-36)31-19-25-7-9-27(20-30(25)44-31)47(3)35(51)18-24-13-15-48(16-14-24)33-11-8-26(23-43-33)28-10-12-34(50)45-38(28)52/h7-9,11,19-20,23-24,28,36,38,44,52H,4-6,10,12-18,21-22H2,1-3H3,(H,45,50). The van der Waals surface area contributed by atoms with Crippen molar-refractivity contribution in [2.45, 2.75) is 102 Å². The number of carbonyl (C=O) groups excluding carboxylic acids is 2. The molecular formula is C40H49F2N7O4. The number of carbonyl (C=O) groups is 2. The molecule has 3 unspecified atom stereocenters. The Kier molecular flexibility index (Phi) is 9.29. The van der Waals surface area contributed by atoms with Crippen LogP contribution in [0.25, 0.3) is 22.3 Å². The summed E-state index contributed by atoms with van der Waals surface area (Å²) in [6.45, 7) is 5.49. The predicted octanol–water partition coefficient (Wildman–Crippen LogP) is 6.47. The van der Waals surface area contributed by atoms with E-state index in [0.717, 1.165) is 78.9 Å². The Bertz CT molecular complexity index is 1990. The van der Waals surface area contributed by atoms with E-state index in [9.17, 15) is 14.7 Å². The third-order valence-electron chi connectivity index (χ3n) is 12.1. The van der Waals surface area contributed by atoms with Gasteiger partial charge in [-0.2, -0.15) is 5.10 Å². The van der Waals surface area contributed by atoms with Crippen LogP contribution in [0.2, 0.25) is 0 Å². The van der Waals surface area contributed by atoms with Gasteiger partial charge in [-0.1, -0.05) is 26.0 Å². The van der Waals surface area contributed by atoms with Crippen LogP contribution in [0, 0.1) is 11.3 Å². The van der Waals surface area contributed by atoms with Crippen LogP contribution in [0.1, 0.15) is 94.2 Å². The number of amides is 2. The van der Waals surface area contributed by atoms with Crippen molar-refractivity contribution in [3.8, 4) is 11.4 Å². The molecule has 282 valence electrons. The number of hydrogen-bond donors (Lipinski definition) is 3. The van der Waals surface area contributed by atoms with E-state index in [-0.39, 0.29) is 42.7 Å². The number of piperidine rings is 2. The van der Waals surface area contributed by atoms with Gasteiger partial charge >= 0.3 is 0 Å². The fraction of sp³-hybridized carbons (Fsp3) is 0.550. The van der Waals surface area contributed by atoms with Crippen molar-refractivity contribution >= 4 is 34.2 Å². The monoisotopic (exact) mass is 729 g/mol. The number of aliphatic hydroxyl groups is 1. The number of aromatic nitrogens is 4. The lowest BCUT2D eigenvalue weighted by Crippen LogP contribution is -2.44. The molecule has 0 spiro atoms. The summed E-state index contributed by atoms with van der Waals surface area (Å²) in [5.41, 5.74) is 3.93. The van der Waals surface area contributed by atoms with Crippen molar-refractivity contribution < 1.29 is 28.2 Å². The van der Waals surface area contributed by atoms with Gasteiger partial charge in [0.05, 0.1) is 5.69 Å². The van der Waals surface area contributed by atoms with E-state index in [1.54, 1.807) is 32.0 Å². The van der Waals surface area contributed by atoms with Crippen molar-refractivity contribution in [2.75, 3.05) is 36.5 Å². The molecule has 4 aliphatic rings. The number of nitrogens with one attached hydrogen (secondary N) is 2. The summed E-state index contributed by atoms with van der Waals surface area (Å²) >= 11 is 0. The normalized spacial score (nSPS) is 24.5. The van der Waals surface area contributed by atoms with Gasteiger partial charge < -0.3 is 29.9 Å². The maximum absolute atomic E-state index is 15.4. The number of aromatic amines is 1. The Balaban J connectivity index is 0.929. The number of rotatable bonds is 7. The van der Waals surface area contributed by atoms with E-state index in [2.05, 4.69) is 20.2 Å². The van der Waals surface area contributed by atoms with Crippen molar-refractivity contribution in [3.05, 3.63) is 59.4 Å². The number of anilines is 2. The molecule has 0 radical (unpaired) electrons. The number of hydrogen-bond acceptors (Lipinski definition) is 7. The highest BCUT2D eigenvalue weighted by Crippen LogP contribution is 2.49. The minimum absolute atomic E-state index is 0.0420. The van der Waals surface area contributed by atoms with Gasteiger partial charge in [-0.15, -0.1) is 0 Å². The topological polar surface area (TPSA) is 129 Å². The van der Waals surface area contributed by atoms with Gasteiger partial charge in [0.2, 0.25) is 11.8 Å². The molecule has 3 aliphatic heterocycles. The average molecular weight is 730 g/mol. The summed E-state index contributed by atoms with van der Waals surface area (Å²) in [4.78, 5) is 37.2. The lowest BCUT2D eigenvalue weighted by Gasteiger charge is -2.39. The Labute approximate surface area is 308 Å². The molecule has 11 nitrogen and oxygen atoms in total. The SMILES string of the molecule is CN(C(=O)CC1CCN(c2ccc(C3CCC(=O)NC3O)cn2)CC1)c1ccc2cc(-c3nn(C4CCCCO4)c4c3CC(F)(F)C(C)(C)C4)[nH]c2c1. The fourth-order valence-corrected chi connectivity index (χ4v) is 8.54.